The lowest BCUT2D eigenvalue weighted by atomic mass is 9.75. The summed E-state index contributed by atoms with van der Waals surface area (Å²) in [5.74, 6) is 0.384. The fraction of sp³-hybridized carbons (Fsp3) is 0.786. The highest BCUT2D eigenvalue weighted by molar-refractivity contribution is 7.11. The Bertz CT molecular complexity index is 473. The second-order valence-corrected chi connectivity index (χ2v) is 6.73. The lowest BCUT2D eigenvalue weighted by Gasteiger charge is -2.42. The summed E-state index contributed by atoms with van der Waals surface area (Å²) in [5.41, 5.74) is -0.790. The molecule has 120 valence electrons. The zero-order valence-electron chi connectivity index (χ0n) is 12.1. The van der Waals surface area contributed by atoms with Crippen LogP contribution in [0.1, 0.15) is 55.5 Å². The van der Waals surface area contributed by atoms with Gasteiger partial charge in [0.1, 0.15) is 6.10 Å². The molecule has 7 heteroatoms. The molecule has 1 heterocycles. The van der Waals surface area contributed by atoms with Crippen LogP contribution in [0, 0.1) is 5.92 Å². The van der Waals surface area contributed by atoms with Crippen molar-refractivity contribution >= 4 is 11.3 Å². The molecule has 1 aromatic rings. The number of aromatic nitrogens is 1. The van der Waals surface area contributed by atoms with Crippen LogP contribution in [0.15, 0.2) is 6.20 Å². The van der Waals surface area contributed by atoms with Gasteiger partial charge in [0.15, 0.2) is 5.01 Å². The Balaban J connectivity index is 2.26. The summed E-state index contributed by atoms with van der Waals surface area (Å²) in [4.78, 5) is 3.62. The van der Waals surface area contributed by atoms with Crippen molar-refractivity contribution in [1.29, 1.82) is 0 Å². The van der Waals surface area contributed by atoms with Crippen molar-refractivity contribution < 1.29 is 23.0 Å². The van der Waals surface area contributed by atoms with Crippen LogP contribution in [0.3, 0.4) is 0 Å². The normalized spacial score (nSPS) is 28.6. The topological polar surface area (TPSA) is 42.4 Å². The fourth-order valence-electron chi connectivity index (χ4n) is 3.09. The van der Waals surface area contributed by atoms with Crippen molar-refractivity contribution in [1.82, 2.24) is 4.98 Å². The molecule has 1 aromatic heterocycles. The molecule has 0 aromatic carbocycles. The van der Waals surface area contributed by atoms with E-state index in [1.165, 1.54) is 0 Å². The van der Waals surface area contributed by atoms with Crippen molar-refractivity contribution in [3.63, 3.8) is 0 Å². The summed E-state index contributed by atoms with van der Waals surface area (Å²) >= 11 is 0.501. The van der Waals surface area contributed by atoms with Crippen LogP contribution in [0.4, 0.5) is 13.2 Å². The Hall–Kier alpha value is -0.660. The molecule has 0 amide bonds. The number of aliphatic hydroxyl groups excluding tert-OH is 1. The van der Waals surface area contributed by atoms with Crippen molar-refractivity contribution in [2.45, 2.75) is 57.4 Å². The third kappa shape index (κ3) is 3.57. The highest BCUT2D eigenvalue weighted by Gasteiger charge is 2.44. The summed E-state index contributed by atoms with van der Waals surface area (Å²) in [6.45, 7) is 4.34. The molecule has 0 spiro atoms. The van der Waals surface area contributed by atoms with Gasteiger partial charge in [-0.1, -0.05) is 19.8 Å². The van der Waals surface area contributed by atoms with Crippen LogP contribution in [-0.4, -0.2) is 22.3 Å². The monoisotopic (exact) mass is 323 g/mol. The van der Waals surface area contributed by atoms with Crippen molar-refractivity contribution in [3.05, 3.63) is 16.1 Å². The third-order valence-electron chi connectivity index (χ3n) is 3.96. The number of halogens is 3. The van der Waals surface area contributed by atoms with Crippen LogP contribution in [0.25, 0.3) is 0 Å². The van der Waals surface area contributed by atoms with Crippen molar-refractivity contribution in [2.24, 2.45) is 5.92 Å². The Kier molecular flexibility index (Phi) is 4.95. The molecule has 0 aliphatic heterocycles. The van der Waals surface area contributed by atoms with Gasteiger partial charge in [0.05, 0.1) is 10.5 Å². The Morgan fingerprint density at radius 2 is 2.29 bits per heavy atom. The van der Waals surface area contributed by atoms with E-state index in [9.17, 15) is 18.3 Å². The average molecular weight is 323 g/mol. The number of hydrogen-bond donors (Lipinski definition) is 1. The molecule has 1 saturated carbocycles. The van der Waals surface area contributed by atoms with Crippen LogP contribution < -0.4 is 0 Å². The number of hydrogen-bond acceptors (Lipinski definition) is 4. The van der Waals surface area contributed by atoms with E-state index in [0.717, 1.165) is 19.0 Å². The average Bonchev–Trinajstić information content (AvgIpc) is 2.87. The summed E-state index contributed by atoms with van der Waals surface area (Å²) in [5, 5.41) is 9.68. The van der Waals surface area contributed by atoms with Gasteiger partial charge in [0, 0.05) is 12.8 Å². The van der Waals surface area contributed by atoms with Crippen molar-refractivity contribution in [3.8, 4) is 0 Å². The number of nitrogens with zero attached hydrogens (tertiary/aromatic N) is 1. The fourth-order valence-corrected chi connectivity index (χ4v) is 3.97. The zero-order chi connectivity index (χ0) is 15.7. The van der Waals surface area contributed by atoms with Gasteiger partial charge in [-0.25, -0.2) is 4.98 Å². The first kappa shape index (κ1) is 16.7. The van der Waals surface area contributed by atoms with Gasteiger partial charge in [-0.15, -0.1) is 11.3 Å². The lowest BCUT2D eigenvalue weighted by Crippen LogP contribution is -2.43. The standard InChI is InChI=1S/C14H20F3NO2S/c1-3-20-13(6-4-5-9(2)7-13)11(19)10-8-18-12(21-10)14(15,16)17/h8-9,11,19H,3-7H2,1-2H3. The molecule has 0 bridgehead atoms. The minimum Gasteiger partial charge on any atom is -0.384 e. The van der Waals surface area contributed by atoms with Gasteiger partial charge in [0.25, 0.3) is 0 Å². The predicted octanol–water partition coefficient (Wildman–Crippen LogP) is 4.18. The van der Waals surface area contributed by atoms with E-state index in [2.05, 4.69) is 11.9 Å². The van der Waals surface area contributed by atoms with Crippen LogP contribution in [-0.2, 0) is 10.9 Å². The number of aliphatic hydroxyl groups is 1. The van der Waals surface area contributed by atoms with Crippen LogP contribution >= 0.6 is 11.3 Å². The largest absolute Gasteiger partial charge is 0.443 e. The highest BCUT2D eigenvalue weighted by atomic mass is 32.1. The zero-order valence-corrected chi connectivity index (χ0v) is 12.9. The molecule has 1 aliphatic carbocycles. The third-order valence-corrected chi connectivity index (χ3v) is 5.05. The Morgan fingerprint density at radius 1 is 1.57 bits per heavy atom. The highest BCUT2D eigenvalue weighted by Crippen LogP contribution is 2.45. The molecule has 3 unspecified atom stereocenters. The summed E-state index contributed by atoms with van der Waals surface area (Å²) in [6.07, 6.45) is -1.14. The van der Waals surface area contributed by atoms with Crippen LogP contribution in [0.2, 0.25) is 0 Å². The van der Waals surface area contributed by atoms with Gasteiger partial charge in [-0.3, -0.25) is 0 Å². The maximum atomic E-state index is 12.6. The van der Waals surface area contributed by atoms with E-state index in [4.69, 9.17) is 4.74 Å². The lowest BCUT2D eigenvalue weighted by molar-refractivity contribution is -0.149. The SMILES string of the molecule is CCOC1(C(O)c2cnc(C(F)(F)F)s2)CCCC(C)C1. The van der Waals surface area contributed by atoms with E-state index in [0.29, 0.717) is 36.7 Å². The van der Waals surface area contributed by atoms with E-state index in [1.54, 1.807) is 0 Å². The first-order valence-electron chi connectivity index (χ1n) is 7.13. The summed E-state index contributed by atoms with van der Waals surface area (Å²) in [7, 11) is 0. The van der Waals surface area contributed by atoms with E-state index < -0.39 is 22.9 Å². The van der Waals surface area contributed by atoms with Gasteiger partial charge < -0.3 is 9.84 Å². The minimum absolute atomic E-state index is 0.227. The van der Waals surface area contributed by atoms with Gasteiger partial charge in [0.2, 0.25) is 0 Å². The molecule has 0 saturated heterocycles. The molecule has 1 aliphatic rings. The molecule has 0 radical (unpaired) electrons. The molecule has 1 fully saturated rings. The summed E-state index contributed by atoms with van der Waals surface area (Å²) in [6, 6.07) is 0. The van der Waals surface area contributed by atoms with Gasteiger partial charge >= 0.3 is 6.18 Å². The minimum atomic E-state index is -4.47. The number of alkyl halides is 3. The molecule has 3 nitrogen and oxygen atoms in total. The second kappa shape index (κ2) is 6.22. The molecular weight excluding hydrogens is 303 g/mol. The second-order valence-electron chi connectivity index (χ2n) is 5.67. The molecule has 2 rings (SSSR count). The number of thiazole rings is 1. The first-order valence-corrected chi connectivity index (χ1v) is 7.95. The van der Waals surface area contributed by atoms with Gasteiger partial charge in [-0.2, -0.15) is 13.2 Å². The van der Waals surface area contributed by atoms with E-state index in [1.807, 2.05) is 6.92 Å². The first-order chi connectivity index (χ1) is 9.78. The smallest absolute Gasteiger partial charge is 0.384 e. The predicted molar refractivity (Wildman–Crippen MR) is 74.1 cm³/mol. The van der Waals surface area contributed by atoms with E-state index >= 15 is 0 Å². The Morgan fingerprint density at radius 3 is 2.81 bits per heavy atom. The maximum Gasteiger partial charge on any atom is 0.443 e. The molecule has 1 N–H and O–H groups in total. The Labute approximate surface area is 126 Å². The summed E-state index contributed by atoms with van der Waals surface area (Å²) < 4.78 is 43.7. The molecule has 21 heavy (non-hydrogen) atoms. The van der Waals surface area contributed by atoms with Gasteiger partial charge in [-0.05, 0) is 25.7 Å². The number of ether oxygens (including phenoxy) is 1. The molecule has 3 atom stereocenters. The van der Waals surface area contributed by atoms with E-state index in [-0.39, 0.29) is 4.88 Å². The number of rotatable bonds is 4. The van der Waals surface area contributed by atoms with Crippen LogP contribution in [0.5, 0.6) is 0 Å². The maximum absolute atomic E-state index is 12.6. The van der Waals surface area contributed by atoms with Crippen molar-refractivity contribution in [2.75, 3.05) is 6.61 Å². The quantitative estimate of drug-likeness (QED) is 0.904. The molecular formula is C14H20F3NO2S.